The summed E-state index contributed by atoms with van der Waals surface area (Å²) in [4.78, 5) is 12.1. The molecular formula is C14H15BrF3NO. The van der Waals surface area contributed by atoms with Crippen LogP contribution in [0.25, 0.3) is 0 Å². The number of carbonyl (C=O) groups excluding carboxylic acids is 1. The van der Waals surface area contributed by atoms with E-state index in [9.17, 15) is 18.0 Å². The lowest BCUT2D eigenvalue weighted by molar-refractivity contribution is -0.137. The van der Waals surface area contributed by atoms with Gasteiger partial charge < -0.3 is 5.32 Å². The summed E-state index contributed by atoms with van der Waals surface area (Å²) in [5, 5.41) is 2.61. The van der Waals surface area contributed by atoms with Gasteiger partial charge in [0, 0.05) is 10.4 Å². The van der Waals surface area contributed by atoms with Gasteiger partial charge in [-0.05, 0) is 47.0 Å². The van der Waals surface area contributed by atoms with Crippen molar-refractivity contribution in [1.29, 1.82) is 0 Å². The van der Waals surface area contributed by atoms with Gasteiger partial charge in [0.25, 0.3) is 0 Å². The van der Waals surface area contributed by atoms with Gasteiger partial charge in [0.2, 0.25) is 5.91 Å². The molecule has 1 aliphatic rings. The number of hydrogen-bond donors (Lipinski definition) is 1. The summed E-state index contributed by atoms with van der Waals surface area (Å²) < 4.78 is 38.4. The fourth-order valence-electron chi connectivity index (χ4n) is 2.40. The zero-order valence-corrected chi connectivity index (χ0v) is 12.4. The fourth-order valence-corrected chi connectivity index (χ4v) is 2.74. The standard InChI is InChI=1S/C14H15BrF3NO/c15-11-7-6-10(14(16,17)18)8-12(11)19-13(20)9-4-2-1-3-5-9/h6-9H,1-5H2,(H,19,20). The summed E-state index contributed by atoms with van der Waals surface area (Å²) in [6, 6.07) is 3.25. The fraction of sp³-hybridized carbons (Fsp3) is 0.500. The van der Waals surface area contributed by atoms with Crippen LogP contribution < -0.4 is 5.32 Å². The average molecular weight is 350 g/mol. The van der Waals surface area contributed by atoms with Crippen LogP contribution in [0.5, 0.6) is 0 Å². The van der Waals surface area contributed by atoms with Crippen LogP contribution in [0.15, 0.2) is 22.7 Å². The van der Waals surface area contributed by atoms with Crippen molar-refractivity contribution in [1.82, 2.24) is 0 Å². The van der Waals surface area contributed by atoms with Gasteiger partial charge in [-0.15, -0.1) is 0 Å². The Hall–Kier alpha value is -1.04. The number of amides is 1. The van der Waals surface area contributed by atoms with Crippen LogP contribution in [0.3, 0.4) is 0 Å². The highest BCUT2D eigenvalue weighted by molar-refractivity contribution is 9.10. The van der Waals surface area contributed by atoms with E-state index in [0.29, 0.717) is 4.47 Å². The molecule has 1 aromatic rings. The van der Waals surface area contributed by atoms with Gasteiger partial charge in [-0.25, -0.2) is 0 Å². The second kappa shape index (κ2) is 6.16. The van der Waals surface area contributed by atoms with Crippen molar-refractivity contribution in [2.24, 2.45) is 5.92 Å². The molecule has 1 amide bonds. The third-order valence-corrected chi connectivity index (χ3v) is 4.22. The first-order valence-corrected chi connectivity index (χ1v) is 7.35. The van der Waals surface area contributed by atoms with E-state index < -0.39 is 11.7 Å². The van der Waals surface area contributed by atoms with Crippen LogP contribution in [0.4, 0.5) is 18.9 Å². The van der Waals surface area contributed by atoms with Gasteiger partial charge >= 0.3 is 6.18 Å². The first-order valence-electron chi connectivity index (χ1n) is 6.55. The molecule has 0 radical (unpaired) electrons. The van der Waals surface area contributed by atoms with Crippen LogP contribution in [-0.2, 0) is 11.0 Å². The van der Waals surface area contributed by atoms with Gasteiger partial charge in [-0.2, -0.15) is 13.2 Å². The second-order valence-corrected chi connectivity index (χ2v) is 5.87. The number of alkyl halides is 3. The molecule has 2 rings (SSSR count). The number of nitrogens with one attached hydrogen (secondary N) is 1. The minimum Gasteiger partial charge on any atom is -0.325 e. The molecule has 1 aromatic carbocycles. The first kappa shape index (κ1) is 15.4. The molecule has 2 nitrogen and oxygen atoms in total. The molecule has 0 unspecified atom stereocenters. The zero-order chi connectivity index (χ0) is 14.8. The molecule has 1 fully saturated rings. The maximum absolute atomic E-state index is 12.7. The molecule has 1 saturated carbocycles. The Kier molecular flexibility index (Phi) is 4.73. The molecule has 0 spiro atoms. The first-order chi connectivity index (χ1) is 9.38. The van der Waals surface area contributed by atoms with Crippen LogP contribution >= 0.6 is 15.9 Å². The predicted octanol–water partition coefficient (Wildman–Crippen LogP) is 4.99. The molecule has 1 N–H and O–H groups in total. The quantitative estimate of drug-likeness (QED) is 0.800. The molecule has 0 saturated heterocycles. The minimum absolute atomic E-state index is 0.0924. The topological polar surface area (TPSA) is 29.1 Å². The van der Waals surface area contributed by atoms with Crippen LogP contribution in [0, 0.1) is 5.92 Å². The Labute approximate surface area is 123 Å². The molecule has 0 aromatic heterocycles. The van der Waals surface area contributed by atoms with E-state index in [1.54, 1.807) is 0 Å². The lowest BCUT2D eigenvalue weighted by atomic mass is 9.88. The van der Waals surface area contributed by atoms with E-state index in [1.165, 1.54) is 6.07 Å². The molecule has 0 bridgehead atoms. The summed E-state index contributed by atoms with van der Waals surface area (Å²) in [5.41, 5.74) is -0.588. The van der Waals surface area contributed by atoms with Gasteiger partial charge in [0.1, 0.15) is 0 Å². The van der Waals surface area contributed by atoms with Crippen molar-refractivity contribution < 1.29 is 18.0 Å². The molecule has 1 aliphatic carbocycles. The molecule has 0 atom stereocenters. The molecular weight excluding hydrogens is 335 g/mol. The van der Waals surface area contributed by atoms with E-state index in [1.807, 2.05) is 0 Å². The van der Waals surface area contributed by atoms with Crippen molar-refractivity contribution in [2.45, 2.75) is 38.3 Å². The van der Waals surface area contributed by atoms with Crippen molar-refractivity contribution in [3.8, 4) is 0 Å². The molecule has 0 aliphatic heterocycles. The highest BCUT2D eigenvalue weighted by atomic mass is 79.9. The number of anilines is 1. The lowest BCUT2D eigenvalue weighted by Gasteiger charge is -2.21. The highest BCUT2D eigenvalue weighted by Gasteiger charge is 2.31. The monoisotopic (exact) mass is 349 g/mol. The van der Waals surface area contributed by atoms with E-state index in [2.05, 4.69) is 21.2 Å². The Balaban J connectivity index is 2.13. The Morgan fingerprint density at radius 1 is 1.20 bits per heavy atom. The Morgan fingerprint density at radius 2 is 1.85 bits per heavy atom. The van der Waals surface area contributed by atoms with E-state index >= 15 is 0 Å². The summed E-state index contributed by atoms with van der Waals surface area (Å²) in [7, 11) is 0. The van der Waals surface area contributed by atoms with Crippen molar-refractivity contribution in [2.75, 3.05) is 5.32 Å². The van der Waals surface area contributed by atoms with E-state index in [-0.39, 0.29) is 17.5 Å². The lowest BCUT2D eigenvalue weighted by Crippen LogP contribution is -2.25. The predicted molar refractivity (Wildman–Crippen MR) is 74.3 cm³/mol. The van der Waals surface area contributed by atoms with Crippen molar-refractivity contribution in [3.63, 3.8) is 0 Å². The molecule has 20 heavy (non-hydrogen) atoms. The molecule has 0 heterocycles. The number of carbonyl (C=O) groups is 1. The third kappa shape index (κ3) is 3.75. The SMILES string of the molecule is O=C(Nc1cc(C(F)(F)F)ccc1Br)C1CCCCC1. The summed E-state index contributed by atoms with van der Waals surface area (Å²) in [6.45, 7) is 0. The van der Waals surface area contributed by atoms with Crippen molar-refractivity contribution in [3.05, 3.63) is 28.2 Å². The summed E-state index contributed by atoms with van der Waals surface area (Å²) in [6.07, 6.45) is 0.330. The summed E-state index contributed by atoms with van der Waals surface area (Å²) in [5.74, 6) is -0.282. The van der Waals surface area contributed by atoms with Gasteiger partial charge in [-0.3, -0.25) is 4.79 Å². The molecule has 110 valence electrons. The maximum Gasteiger partial charge on any atom is 0.416 e. The minimum atomic E-state index is -4.41. The van der Waals surface area contributed by atoms with Crippen LogP contribution in [-0.4, -0.2) is 5.91 Å². The second-order valence-electron chi connectivity index (χ2n) is 5.02. The van der Waals surface area contributed by atoms with Crippen LogP contribution in [0.2, 0.25) is 0 Å². The normalized spacial score (nSPS) is 17.0. The number of halogens is 4. The largest absolute Gasteiger partial charge is 0.416 e. The Bertz CT molecular complexity index is 496. The van der Waals surface area contributed by atoms with Gasteiger partial charge in [0.15, 0.2) is 0 Å². The van der Waals surface area contributed by atoms with Gasteiger partial charge in [-0.1, -0.05) is 19.3 Å². The van der Waals surface area contributed by atoms with Crippen LogP contribution in [0.1, 0.15) is 37.7 Å². The van der Waals surface area contributed by atoms with E-state index in [0.717, 1.165) is 44.2 Å². The number of rotatable bonds is 2. The Morgan fingerprint density at radius 3 is 2.45 bits per heavy atom. The van der Waals surface area contributed by atoms with E-state index in [4.69, 9.17) is 0 Å². The molecule has 6 heteroatoms. The third-order valence-electron chi connectivity index (χ3n) is 3.53. The average Bonchev–Trinajstić information content (AvgIpc) is 2.41. The number of hydrogen-bond acceptors (Lipinski definition) is 1. The maximum atomic E-state index is 12.7. The number of benzene rings is 1. The highest BCUT2D eigenvalue weighted by Crippen LogP contribution is 2.34. The van der Waals surface area contributed by atoms with Gasteiger partial charge in [0.05, 0.1) is 11.3 Å². The zero-order valence-electron chi connectivity index (χ0n) is 10.8. The smallest absolute Gasteiger partial charge is 0.325 e. The summed E-state index contributed by atoms with van der Waals surface area (Å²) >= 11 is 3.17. The van der Waals surface area contributed by atoms with Crippen molar-refractivity contribution >= 4 is 27.5 Å².